The first-order valence-corrected chi connectivity index (χ1v) is 6.14. The predicted molar refractivity (Wildman–Crippen MR) is 72.9 cm³/mol. The molecule has 1 aromatic carbocycles. The van der Waals surface area contributed by atoms with Gasteiger partial charge in [-0.1, -0.05) is 0 Å². The molecule has 1 heterocycles. The van der Waals surface area contributed by atoms with E-state index in [-0.39, 0.29) is 11.3 Å². The van der Waals surface area contributed by atoms with Crippen LogP contribution < -0.4 is 5.56 Å². The Bertz CT molecular complexity index is 724. The summed E-state index contributed by atoms with van der Waals surface area (Å²) in [6.07, 6.45) is 0. The molecule has 2 aromatic rings. The van der Waals surface area contributed by atoms with Gasteiger partial charge in [-0.2, -0.15) is 0 Å². The average molecular weight is 278 g/mol. The fraction of sp³-hybridized carbons (Fsp3) is 0.286. The van der Waals surface area contributed by atoms with Gasteiger partial charge in [0.15, 0.2) is 0 Å². The van der Waals surface area contributed by atoms with Gasteiger partial charge < -0.3 is 4.57 Å². The molecule has 0 spiro atoms. The number of carbonyl (C=O) groups is 1. The highest BCUT2D eigenvalue weighted by molar-refractivity contribution is 5.96. The molecule has 1 aromatic heterocycles. The van der Waals surface area contributed by atoms with Crippen LogP contribution in [0, 0.1) is 5.82 Å². The Morgan fingerprint density at radius 2 is 2.10 bits per heavy atom. The number of benzene rings is 1. The van der Waals surface area contributed by atoms with E-state index in [1.54, 1.807) is 6.92 Å². The zero-order valence-electron chi connectivity index (χ0n) is 11.5. The van der Waals surface area contributed by atoms with Crippen molar-refractivity contribution in [3.63, 3.8) is 0 Å². The van der Waals surface area contributed by atoms with Crippen LogP contribution in [-0.4, -0.2) is 29.7 Å². The number of hydroxylamine groups is 2. The summed E-state index contributed by atoms with van der Waals surface area (Å²) in [6, 6.07) is 5.39. The highest BCUT2D eigenvalue weighted by atomic mass is 19.1. The number of aromatic nitrogens is 1. The number of amides is 1. The lowest BCUT2D eigenvalue weighted by Crippen LogP contribution is -2.33. The number of pyridine rings is 1. The summed E-state index contributed by atoms with van der Waals surface area (Å²) in [7, 11) is 2.80. The van der Waals surface area contributed by atoms with Gasteiger partial charge in [0.25, 0.3) is 11.5 Å². The number of halogens is 1. The molecule has 0 atom stereocenters. The Morgan fingerprint density at radius 3 is 2.70 bits per heavy atom. The molecule has 0 unspecified atom stereocenters. The third-order valence-electron chi connectivity index (χ3n) is 3.17. The monoisotopic (exact) mass is 278 g/mol. The van der Waals surface area contributed by atoms with Crippen molar-refractivity contribution < 1.29 is 14.0 Å². The molecule has 1 amide bonds. The second-order valence-corrected chi connectivity index (χ2v) is 4.30. The molecule has 6 heteroatoms. The van der Waals surface area contributed by atoms with E-state index in [2.05, 4.69) is 0 Å². The zero-order valence-corrected chi connectivity index (χ0v) is 11.5. The van der Waals surface area contributed by atoms with E-state index in [1.165, 1.54) is 43.0 Å². The van der Waals surface area contributed by atoms with Crippen LogP contribution in [0.15, 0.2) is 29.1 Å². The normalized spacial score (nSPS) is 10.8. The maximum atomic E-state index is 13.3. The van der Waals surface area contributed by atoms with Crippen LogP contribution in [0.3, 0.4) is 0 Å². The second kappa shape index (κ2) is 5.42. The molecule has 2 rings (SSSR count). The lowest BCUT2D eigenvalue weighted by atomic mass is 10.1. The third-order valence-corrected chi connectivity index (χ3v) is 3.17. The molecule has 0 aliphatic carbocycles. The van der Waals surface area contributed by atoms with Gasteiger partial charge in [0.2, 0.25) is 0 Å². The molecule has 20 heavy (non-hydrogen) atoms. The van der Waals surface area contributed by atoms with Crippen molar-refractivity contribution >= 4 is 16.7 Å². The minimum absolute atomic E-state index is 0.167. The van der Waals surface area contributed by atoms with Crippen LogP contribution >= 0.6 is 0 Å². The fourth-order valence-electron chi connectivity index (χ4n) is 2.06. The highest BCUT2D eigenvalue weighted by Crippen LogP contribution is 2.15. The van der Waals surface area contributed by atoms with Gasteiger partial charge in [-0.15, -0.1) is 0 Å². The van der Waals surface area contributed by atoms with Gasteiger partial charge in [-0.05, 0) is 36.6 Å². The quantitative estimate of drug-likeness (QED) is 0.804. The lowest BCUT2D eigenvalue weighted by Gasteiger charge is -2.17. The van der Waals surface area contributed by atoms with E-state index in [0.29, 0.717) is 17.3 Å². The van der Waals surface area contributed by atoms with Crippen molar-refractivity contribution in [1.82, 2.24) is 9.63 Å². The Hall–Kier alpha value is -2.21. The number of hydrogen-bond donors (Lipinski definition) is 0. The Balaban J connectivity index is 2.76. The van der Waals surface area contributed by atoms with E-state index in [1.807, 2.05) is 0 Å². The number of fused-ring (bicyclic) bond motifs is 1. The van der Waals surface area contributed by atoms with Gasteiger partial charge in [-0.3, -0.25) is 14.4 Å². The Kier molecular flexibility index (Phi) is 3.85. The van der Waals surface area contributed by atoms with Gasteiger partial charge >= 0.3 is 0 Å². The van der Waals surface area contributed by atoms with Crippen LogP contribution in [0.1, 0.15) is 17.4 Å². The molecule has 0 aliphatic rings. The smallest absolute Gasteiger partial charge is 0.293 e. The van der Waals surface area contributed by atoms with Gasteiger partial charge in [0.05, 0.1) is 7.11 Å². The molecule has 0 fully saturated rings. The van der Waals surface area contributed by atoms with Crippen molar-refractivity contribution in [2.45, 2.75) is 13.5 Å². The lowest BCUT2D eigenvalue weighted by molar-refractivity contribution is -0.0763. The largest absolute Gasteiger partial charge is 0.304 e. The molecule has 106 valence electrons. The van der Waals surface area contributed by atoms with E-state index >= 15 is 0 Å². The first-order chi connectivity index (χ1) is 9.49. The first kappa shape index (κ1) is 14.2. The average Bonchev–Trinajstić information content (AvgIpc) is 2.45. The fourth-order valence-corrected chi connectivity index (χ4v) is 2.06. The number of rotatable bonds is 3. The summed E-state index contributed by atoms with van der Waals surface area (Å²) in [5.41, 5.74) is -0.155. The highest BCUT2D eigenvalue weighted by Gasteiger charge is 2.18. The van der Waals surface area contributed by atoms with Crippen LogP contribution in [0.5, 0.6) is 0 Å². The van der Waals surface area contributed by atoms with Crippen molar-refractivity contribution in [2.75, 3.05) is 14.2 Å². The van der Waals surface area contributed by atoms with E-state index in [0.717, 1.165) is 5.06 Å². The third kappa shape index (κ3) is 2.30. The summed E-state index contributed by atoms with van der Waals surface area (Å²) in [5.74, 6) is -0.915. The molecule has 0 N–H and O–H groups in total. The minimum atomic E-state index is -0.461. The molecule has 0 bridgehead atoms. The first-order valence-electron chi connectivity index (χ1n) is 6.14. The SMILES string of the molecule is CCn1c(C(=O)N(C)OC)cc2cc(F)ccc2c1=O. The molecule has 0 saturated heterocycles. The van der Waals surface area contributed by atoms with Crippen molar-refractivity contribution in [1.29, 1.82) is 0 Å². The topological polar surface area (TPSA) is 51.5 Å². The van der Waals surface area contributed by atoms with Crippen molar-refractivity contribution in [3.8, 4) is 0 Å². The number of carbonyl (C=O) groups excluding carboxylic acids is 1. The summed E-state index contributed by atoms with van der Waals surface area (Å²) in [6.45, 7) is 2.10. The summed E-state index contributed by atoms with van der Waals surface area (Å²) >= 11 is 0. The summed E-state index contributed by atoms with van der Waals surface area (Å²) in [5, 5.41) is 1.80. The van der Waals surface area contributed by atoms with Crippen LogP contribution in [-0.2, 0) is 11.4 Å². The maximum absolute atomic E-state index is 13.3. The van der Waals surface area contributed by atoms with Gasteiger partial charge in [0.1, 0.15) is 11.5 Å². The molecular formula is C14H15FN2O3. The molecular weight excluding hydrogens is 263 g/mol. The Labute approximate surface area is 115 Å². The zero-order chi connectivity index (χ0) is 14.9. The Morgan fingerprint density at radius 1 is 1.40 bits per heavy atom. The van der Waals surface area contributed by atoms with Crippen LogP contribution in [0.4, 0.5) is 4.39 Å². The molecule has 0 aliphatic heterocycles. The second-order valence-electron chi connectivity index (χ2n) is 4.30. The molecule has 5 nitrogen and oxygen atoms in total. The van der Waals surface area contributed by atoms with Crippen molar-refractivity contribution in [2.24, 2.45) is 0 Å². The summed E-state index contributed by atoms with van der Waals surface area (Å²) < 4.78 is 14.6. The molecule has 0 radical (unpaired) electrons. The van der Waals surface area contributed by atoms with E-state index < -0.39 is 11.7 Å². The predicted octanol–water partition coefficient (Wildman–Crippen LogP) is 1.79. The van der Waals surface area contributed by atoms with Crippen molar-refractivity contribution in [3.05, 3.63) is 46.1 Å². The van der Waals surface area contributed by atoms with Gasteiger partial charge in [0, 0.05) is 19.0 Å². The number of hydrogen-bond acceptors (Lipinski definition) is 3. The van der Waals surface area contributed by atoms with E-state index in [9.17, 15) is 14.0 Å². The van der Waals surface area contributed by atoms with Gasteiger partial charge in [-0.25, -0.2) is 9.45 Å². The standard InChI is InChI=1S/C14H15FN2O3/c1-4-17-12(14(19)16(2)20-3)8-9-7-10(15)5-6-11(9)13(17)18/h5-8H,4H2,1-3H3. The minimum Gasteiger partial charge on any atom is -0.304 e. The summed E-state index contributed by atoms with van der Waals surface area (Å²) in [4.78, 5) is 29.4. The molecule has 0 saturated carbocycles. The van der Waals surface area contributed by atoms with E-state index in [4.69, 9.17) is 4.84 Å². The van der Waals surface area contributed by atoms with Crippen LogP contribution in [0.25, 0.3) is 10.8 Å². The van der Waals surface area contributed by atoms with Crippen LogP contribution in [0.2, 0.25) is 0 Å². The number of nitrogens with zero attached hydrogens (tertiary/aromatic N) is 2. The maximum Gasteiger partial charge on any atom is 0.293 e.